The summed E-state index contributed by atoms with van der Waals surface area (Å²) in [4.78, 5) is 22.8. The van der Waals surface area contributed by atoms with Crippen molar-refractivity contribution in [2.45, 2.75) is 44.2 Å². The highest BCUT2D eigenvalue weighted by molar-refractivity contribution is 5.76. The number of hydrogen-bond donors (Lipinski definition) is 3. The van der Waals surface area contributed by atoms with Gasteiger partial charge in [0.25, 0.3) is 0 Å². The minimum Gasteiger partial charge on any atom is -0.481 e. The number of nitrogens with two attached hydrogens (primary N) is 1. The van der Waals surface area contributed by atoms with Crippen molar-refractivity contribution in [1.29, 1.82) is 0 Å². The third-order valence-electron chi connectivity index (χ3n) is 4.06. The standard InChI is InChI=1S/C16H22N2O3/c17-14(11-4-2-1-3-5-11)8-9-15(19)18-13-7-6-12(10-13)16(20)21/h1-5,12-14H,6-10,17H2,(H,18,19)(H,20,21)/t12-,13+,14?/m1/s1. The van der Waals surface area contributed by atoms with Crippen molar-refractivity contribution in [1.82, 2.24) is 5.32 Å². The third-order valence-corrected chi connectivity index (χ3v) is 4.06. The van der Waals surface area contributed by atoms with Crippen LogP contribution in [0.4, 0.5) is 0 Å². The molecule has 1 aliphatic carbocycles. The van der Waals surface area contributed by atoms with Gasteiger partial charge in [-0.25, -0.2) is 0 Å². The highest BCUT2D eigenvalue weighted by atomic mass is 16.4. The Hall–Kier alpha value is -1.88. The Balaban J connectivity index is 1.72. The van der Waals surface area contributed by atoms with E-state index in [0.717, 1.165) is 12.0 Å². The van der Waals surface area contributed by atoms with Gasteiger partial charge in [0.2, 0.25) is 5.91 Å². The molecule has 1 unspecified atom stereocenters. The fourth-order valence-corrected chi connectivity index (χ4v) is 2.79. The molecule has 1 aliphatic rings. The van der Waals surface area contributed by atoms with Crippen LogP contribution in [0.5, 0.6) is 0 Å². The van der Waals surface area contributed by atoms with Gasteiger partial charge in [0, 0.05) is 18.5 Å². The van der Waals surface area contributed by atoms with Crippen molar-refractivity contribution in [2.24, 2.45) is 11.7 Å². The number of aliphatic carboxylic acids is 1. The molecule has 0 aromatic heterocycles. The topological polar surface area (TPSA) is 92.4 Å². The minimum absolute atomic E-state index is 0.00782. The van der Waals surface area contributed by atoms with Gasteiger partial charge in [-0.15, -0.1) is 0 Å². The predicted molar refractivity (Wildman–Crippen MR) is 79.5 cm³/mol. The molecule has 3 atom stereocenters. The number of carboxylic acid groups (broad SMARTS) is 1. The zero-order valence-corrected chi connectivity index (χ0v) is 12.0. The first-order chi connectivity index (χ1) is 10.1. The molecule has 0 heterocycles. The quantitative estimate of drug-likeness (QED) is 0.745. The Labute approximate surface area is 124 Å². The normalized spacial score (nSPS) is 22.7. The molecule has 4 N–H and O–H groups in total. The zero-order chi connectivity index (χ0) is 15.2. The number of hydrogen-bond acceptors (Lipinski definition) is 3. The van der Waals surface area contributed by atoms with Crippen LogP contribution in [-0.2, 0) is 9.59 Å². The Morgan fingerprint density at radius 1 is 1.29 bits per heavy atom. The maximum Gasteiger partial charge on any atom is 0.306 e. The van der Waals surface area contributed by atoms with Crippen molar-refractivity contribution in [3.63, 3.8) is 0 Å². The molecule has 0 saturated heterocycles. The van der Waals surface area contributed by atoms with E-state index in [0.29, 0.717) is 25.7 Å². The maximum atomic E-state index is 11.9. The fraction of sp³-hybridized carbons (Fsp3) is 0.500. The van der Waals surface area contributed by atoms with E-state index < -0.39 is 5.97 Å². The molecule has 5 heteroatoms. The van der Waals surface area contributed by atoms with Gasteiger partial charge in [-0.3, -0.25) is 9.59 Å². The van der Waals surface area contributed by atoms with Gasteiger partial charge in [-0.2, -0.15) is 0 Å². The van der Waals surface area contributed by atoms with Crippen molar-refractivity contribution in [3.8, 4) is 0 Å². The van der Waals surface area contributed by atoms with E-state index in [1.54, 1.807) is 0 Å². The van der Waals surface area contributed by atoms with Crippen molar-refractivity contribution in [2.75, 3.05) is 0 Å². The number of carbonyl (C=O) groups excluding carboxylic acids is 1. The van der Waals surface area contributed by atoms with Crippen LogP contribution in [0.15, 0.2) is 30.3 Å². The summed E-state index contributed by atoms with van der Waals surface area (Å²) in [5.41, 5.74) is 7.08. The lowest BCUT2D eigenvalue weighted by molar-refractivity contribution is -0.141. The van der Waals surface area contributed by atoms with E-state index in [2.05, 4.69) is 5.32 Å². The molecule has 21 heavy (non-hydrogen) atoms. The van der Waals surface area contributed by atoms with Crippen LogP contribution in [0.3, 0.4) is 0 Å². The Kier molecular flexibility index (Phi) is 5.33. The van der Waals surface area contributed by atoms with E-state index in [9.17, 15) is 9.59 Å². The minimum atomic E-state index is -0.766. The molecule has 2 rings (SSSR count). The summed E-state index contributed by atoms with van der Waals surface area (Å²) in [5.74, 6) is -1.13. The van der Waals surface area contributed by atoms with Crippen molar-refractivity contribution < 1.29 is 14.7 Å². The predicted octanol–water partition coefficient (Wildman–Crippen LogP) is 1.84. The van der Waals surface area contributed by atoms with Crippen LogP contribution in [0.1, 0.15) is 43.7 Å². The van der Waals surface area contributed by atoms with E-state index in [4.69, 9.17) is 10.8 Å². The van der Waals surface area contributed by atoms with Gasteiger partial charge in [-0.05, 0) is 31.2 Å². The van der Waals surface area contributed by atoms with Crippen LogP contribution in [0.25, 0.3) is 0 Å². The summed E-state index contributed by atoms with van der Waals surface area (Å²) in [7, 11) is 0. The summed E-state index contributed by atoms with van der Waals surface area (Å²) in [6.07, 6.45) is 2.87. The van der Waals surface area contributed by atoms with Crippen molar-refractivity contribution in [3.05, 3.63) is 35.9 Å². The molecule has 1 aromatic carbocycles. The van der Waals surface area contributed by atoms with E-state index in [-0.39, 0.29) is 23.9 Å². The summed E-state index contributed by atoms with van der Waals surface area (Å²) in [6, 6.07) is 9.55. The first-order valence-electron chi connectivity index (χ1n) is 7.39. The van der Waals surface area contributed by atoms with E-state index >= 15 is 0 Å². The molecule has 1 aromatic rings. The number of nitrogens with one attached hydrogen (secondary N) is 1. The molecule has 114 valence electrons. The number of rotatable bonds is 6. The van der Waals surface area contributed by atoms with Crippen LogP contribution in [-0.4, -0.2) is 23.0 Å². The smallest absolute Gasteiger partial charge is 0.306 e. The summed E-state index contributed by atoms with van der Waals surface area (Å²) >= 11 is 0. The van der Waals surface area contributed by atoms with Gasteiger partial charge >= 0.3 is 5.97 Å². The number of carboxylic acids is 1. The second-order valence-electron chi connectivity index (χ2n) is 5.67. The van der Waals surface area contributed by atoms with Crippen LogP contribution >= 0.6 is 0 Å². The van der Waals surface area contributed by atoms with Gasteiger partial charge < -0.3 is 16.2 Å². The molecular weight excluding hydrogens is 268 g/mol. The molecular formula is C16H22N2O3. The lowest BCUT2D eigenvalue weighted by Crippen LogP contribution is -2.33. The molecule has 1 fully saturated rings. The van der Waals surface area contributed by atoms with Gasteiger partial charge in [0.1, 0.15) is 0 Å². The number of benzene rings is 1. The highest BCUT2D eigenvalue weighted by Gasteiger charge is 2.30. The first-order valence-corrected chi connectivity index (χ1v) is 7.39. The average Bonchev–Trinajstić information content (AvgIpc) is 2.94. The lowest BCUT2D eigenvalue weighted by Gasteiger charge is -2.15. The monoisotopic (exact) mass is 290 g/mol. The van der Waals surface area contributed by atoms with Gasteiger partial charge in [0.15, 0.2) is 0 Å². The molecule has 0 radical (unpaired) electrons. The molecule has 1 amide bonds. The second-order valence-corrected chi connectivity index (χ2v) is 5.67. The Morgan fingerprint density at radius 3 is 2.62 bits per heavy atom. The summed E-state index contributed by atoms with van der Waals surface area (Å²) < 4.78 is 0. The largest absolute Gasteiger partial charge is 0.481 e. The molecule has 0 bridgehead atoms. The second kappa shape index (κ2) is 7.22. The summed E-state index contributed by atoms with van der Waals surface area (Å²) in [6.45, 7) is 0. The fourth-order valence-electron chi connectivity index (χ4n) is 2.79. The van der Waals surface area contributed by atoms with E-state index in [1.807, 2.05) is 30.3 Å². The first kappa shape index (κ1) is 15.5. The molecule has 5 nitrogen and oxygen atoms in total. The van der Waals surface area contributed by atoms with Crippen LogP contribution in [0, 0.1) is 5.92 Å². The highest BCUT2D eigenvalue weighted by Crippen LogP contribution is 2.25. The lowest BCUT2D eigenvalue weighted by atomic mass is 10.0. The number of amides is 1. The van der Waals surface area contributed by atoms with Crippen molar-refractivity contribution >= 4 is 11.9 Å². The van der Waals surface area contributed by atoms with Gasteiger partial charge in [-0.1, -0.05) is 30.3 Å². The van der Waals surface area contributed by atoms with E-state index in [1.165, 1.54) is 0 Å². The average molecular weight is 290 g/mol. The molecule has 0 spiro atoms. The summed E-state index contributed by atoms with van der Waals surface area (Å²) in [5, 5.41) is 11.9. The van der Waals surface area contributed by atoms with Crippen LogP contribution in [0.2, 0.25) is 0 Å². The Bertz CT molecular complexity index is 490. The van der Waals surface area contributed by atoms with Crippen LogP contribution < -0.4 is 11.1 Å². The zero-order valence-electron chi connectivity index (χ0n) is 12.0. The maximum absolute atomic E-state index is 11.9. The third kappa shape index (κ3) is 4.56. The van der Waals surface area contributed by atoms with Gasteiger partial charge in [0.05, 0.1) is 5.92 Å². The molecule has 0 aliphatic heterocycles. The molecule has 1 saturated carbocycles. The SMILES string of the molecule is NC(CCC(=O)N[C@H]1CC[C@@H](C(=O)O)C1)c1ccccc1. The number of carbonyl (C=O) groups is 2. The Morgan fingerprint density at radius 2 is 2.00 bits per heavy atom.